The fourth-order valence-corrected chi connectivity index (χ4v) is 2.29. The maximum Gasteiger partial charge on any atom is 0.251 e. The Bertz CT molecular complexity index is 453. The van der Waals surface area contributed by atoms with Crippen LogP contribution in [-0.4, -0.2) is 50.6 Å². The summed E-state index contributed by atoms with van der Waals surface area (Å²) in [4.78, 5) is 16.3. The quantitative estimate of drug-likeness (QED) is 0.790. The molecule has 1 saturated heterocycles. The first kappa shape index (κ1) is 13.7. The van der Waals surface area contributed by atoms with Gasteiger partial charge in [-0.05, 0) is 32.2 Å². The molecule has 2 rings (SSSR count). The molecule has 0 radical (unpaired) electrons. The highest BCUT2D eigenvalue weighted by molar-refractivity contribution is 5.96. The molecule has 5 nitrogen and oxygen atoms in total. The van der Waals surface area contributed by atoms with Crippen LogP contribution in [0, 0.1) is 0 Å². The third-order valence-electron chi connectivity index (χ3n) is 3.47. The standard InChI is InChI=1S/C14H22N4O/c1-3-16-14(19)11-4-5-13(12(15)10-11)18-8-6-17(2)7-9-18/h4-5,10H,3,6-9,15H2,1-2H3,(H,16,19). The minimum absolute atomic E-state index is 0.0703. The lowest BCUT2D eigenvalue weighted by Gasteiger charge is -2.34. The van der Waals surface area contributed by atoms with E-state index in [2.05, 4.69) is 22.2 Å². The molecule has 5 heteroatoms. The van der Waals surface area contributed by atoms with Gasteiger partial charge in [0.2, 0.25) is 0 Å². The zero-order valence-electron chi connectivity index (χ0n) is 11.6. The SMILES string of the molecule is CCNC(=O)c1ccc(N2CCN(C)CC2)c(N)c1. The number of amides is 1. The van der Waals surface area contributed by atoms with Crippen molar-refractivity contribution in [3.8, 4) is 0 Å². The van der Waals surface area contributed by atoms with E-state index in [1.807, 2.05) is 19.1 Å². The van der Waals surface area contributed by atoms with Gasteiger partial charge in [0.15, 0.2) is 0 Å². The van der Waals surface area contributed by atoms with Crippen molar-refractivity contribution >= 4 is 17.3 Å². The lowest BCUT2D eigenvalue weighted by Crippen LogP contribution is -2.44. The number of anilines is 2. The van der Waals surface area contributed by atoms with E-state index in [-0.39, 0.29) is 5.91 Å². The Labute approximate surface area is 114 Å². The van der Waals surface area contributed by atoms with Gasteiger partial charge in [-0.1, -0.05) is 0 Å². The van der Waals surface area contributed by atoms with Gasteiger partial charge in [0.05, 0.1) is 11.4 Å². The van der Waals surface area contributed by atoms with Gasteiger partial charge in [-0.3, -0.25) is 4.79 Å². The lowest BCUT2D eigenvalue weighted by atomic mass is 10.1. The maximum atomic E-state index is 11.7. The molecule has 1 aromatic rings. The average Bonchev–Trinajstić information content (AvgIpc) is 2.40. The van der Waals surface area contributed by atoms with E-state index >= 15 is 0 Å². The molecule has 1 aliphatic heterocycles. The summed E-state index contributed by atoms with van der Waals surface area (Å²) in [7, 11) is 2.12. The number of nitrogens with one attached hydrogen (secondary N) is 1. The first-order valence-corrected chi connectivity index (χ1v) is 6.73. The van der Waals surface area contributed by atoms with Crippen LogP contribution < -0.4 is 16.0 Å². The maximum absolute atomic E-state index is 11.7. The fraction of sp³-hybridized carbons (Fsp3) is 0.500. The Morgan fingerprint density at radius 1 is 1.32 bits per heavy atom. The Hall–Kier alpha value is -1.75. The molecule has 1 aromatic carbocycles. The van der Waals surface area contributed by atoms with Crippen molar-refractivity contribution in [3.05, 3.63) is 23.8 Å². The van der Waals surface area contributed by atoms with E-state index in [0.29, 0.717) is 17.8 Å². The van der Waals surface area contributed by atoms with Crippen LogP contribution in [0.25, 0.3) is 0 Å². The van der Waals surface area contributed by atoms with Crippen LogP contribution in [0.4, 0.5) is 11.4 Å². The van der Waals surface area contributed by atoms with E-state index in [1.165, 1.54) is 0 Å². The molecule has 19 heavy (non-hydrogen) atoms. The smallest absolute Gasteiger partial charge is 0.251 e. The number of benzene rings is 1. The van der Waals surface area contributed by atoms with Crippen molar-refractivity contribution in [3.63, 3.8) is 0 Å². The van der Waals surface area contributed by atoms with Crippen molar-refractivity contribution in [1.29, 1.82) is 0 Å². The molecule has 1 fully saturated rings. The van der Waals surface area contributed by atoms with Gasteiger partial charge in [-0.15, -0.1) is 0 Å². The number of piperazine rings is 1. The van der Waals surface area contributed by atoms with E-state index in [9.17, 15) is 4.79 Å². The normalized spacial score (nSPS) is 16.4. The number of hydrogen-bond donors (Lipinski definition) is 2. The summed E-state index contributed by atoms with van der Waals surface area (Å²) >= 11 is 0. The van der Waals surface area contributed by atoms with E-state index in [0.717, 1.165) is 31.9 Å². The van der Waals surface area contributed by atoms with Crippen LogP contribution in [-0.2, 0) is 0 Å². The van der Waals surface area contributed by atoms with Crippen LogP contribution in [0.5, 0.6) is 0 Å². The molecule has 1 amide bonds. The summed E-state index contributed by atoms with van der Waals surface area (Å²) in [5, 5.41) is 2.78. The average molecular weight is 262 g/mol. The summed E-state index contributed by atoms with van der Waals surface area (Å²) in [5.41, 5.74) is 8.41. The molecule has 104 valence electrons. The third kappa shape index (κ3) is 3.17. The number of nitrogen functional groups attached to an aromatic ring is 1. The van der Waals surface area contributed by atoms with Gasteiger partial charge >= 0.3 is 0 Å². The fourth-order valence-electron chi connectivity index (χ4n) is 2.29. The van der Waals surface area contributed by atoms with E-state index in [4.69, 9.17) is 5.73 Å². The summed E-state index contributed by atoms with van der Waals surface area (Å²) in [6.07, 6.45) is 0. The van der Waals surface area contributed by atoms with Crippen molar-refractivity contribution in [1.82, 2.24) is 10.2 Å². The first-order chi connectivity index (χ1) is 9.11. The summed E-state index contributed by atoms with van der Waals surface area (Å²) in [6.45, 7) is 6.55. The summed E-state index contributed by atoms with van der Waals surface area (Å²) in [5.74, 6) is -0.0703. The molecule has 0 atom stereocenters. The first-order valence-electron chi connectivity index (χ1n) is 6.73. The third-order valence-corrected chi connectivity index (χ3v) is 3.47. The number of hydrogen-bond acceptors (Lipinski definition) is 4. The van der Waals surface area contributed by atoms with Crippen LogP contribution >= 0.6 is 0 Å². The van der Waals surface area contributed by atoms with E-state index < -0.39 is 0 Å². The van der Waals surface area contributed by atoms with Crippen molar-refractivity contribution in [2.45, 2.75) is 6.92 Å². The monoisotopic (exact) mass is 262 g/mol. The van der Waals surface area contributed by atoms with Gasteiger partial charge in [0.1, 0.15) is 0 Å². The molecular weight excluding hydrogens is 240 g/mol. The zero-order valence-corrected chi connectivity index (χ0v) is 11.6. The van der Waals surface area contributed by atoms with Crippen LogP contribution in [0.15, 0.2) is 18.2 Å². The minimum Gasteiger partial charge on any atom is -0.397 e. The molecule has 0 aromatic heterocycles. The highest BCUT2D eigenvalue weighted by atomic mass is 16.1. The number of carbonyl (C=O) groups excluding carboxylic acids is 1. The predicted molar refractivity (Wildman–Crippen MR) is 78.6 cm³/mol. The van der Waals surface area contributed by atoms with Crippen LogP contribution in [0.3, 0.4) is 0 Å². The highest BCUT2D eigenvalue weighted by Gasteiger charge is 2.17. The minimum atomic E-state index is -0.0703. The lowest BCUT2D eigenvalue weighted by molar-refractivity contribution is 0.0956. The number of rotatable bonds is 3. The molecular formula is C14H22N4O. The van der Waals surface area contributed by atoms with Gasteiger partial charge in [-0.25, -0.2) is 0 Å². The Morgan fingerprint density at radius 2 is 2.00 bits per heavy atom. The van der Waals surface area contributed by atoms with Crippen LogP contribution in [0.1, 0.15) is 17.3 Å². The Balaban J connectivity index is 2.13. The number of likely N-dealkylation sites (N-methyl/N-ethyl adjacent to an activating group) is 1. The summed E-state index contributed by atoms with van der Waals surface area (Å²) < 4.78 is 0. The zero-order chi connectivity index (χ0) is 13.8. The second-order valence-electron chi connectivity index (χ2n) is 4.92. The predicted octanol–water partition coefficient (Wildman–Crippen LogP) is 0.770. The number of nitrogens with zero attached hydrogens (tertiary/aromatic N) is 2. The van der Waals surface area contributed by atoms with Crippen molar-refractivity contribution in [2.75, 3.05) is 50.4 Å². The molecule has 0 bridgehead atoms. The van der Waals surface area contributed by atoms with Gasteiger partial charge in [-0.2, -0.15) is 0 Å². The second kappa shape index (κ2) is 5.93. The number of nitrogens with two attached hydrogens (primary N) is 1. The van der Waals surface area contributed by atoms with Gasteiger partial charge in [0.25, 0.3) is 5.91 Å². The molecule has 1 aliphatic rings. The molecule has 0 spiro atoms. The topological polar surface area (TPSA) is 61.6 Å². The largest absolute Gasteiger partial charge is 0.397 e. The molecule has 1 heterocycles. The van der Waals surface area contributed by atoms with Gasteiger partial charge < -0.3 is 20.9 Å². The molecule has 0 aliphatic carbocycles. The molecule has 0 unspecified atom stereocenters. The summed E-state index contributed by atoms with van der Waals surface area (Å²) in [6, 6.07) is 5.55. The van der Waals surface area contributed by atoms with E-state index in [1.54, 1.807) is 6.07 Å². The number of carbonyl (C=O) groups is 1. The van der Waals surface area contributed by atoms with Crippen molar-refractivity contribution < 1.29 is 4.79 Å². The second-order valence-corrected chi connectivity index (χ2v) is 4.92. The Morgan fingerprint density at radius 3 is 2.58 bits per heavy atom. The Kier molecular flexibility index (Phi) is 4.27. The highest BCUT2D eigenvalue weighted by Crippen LogP contribution is 2.25. The van der Waals surface area contributed by atoms with Crippen molar-refractivity contribution in [2.24, 2.45) is 0 Å². The molecule has 0 saturated carbocycles. The van der Waals surface area contributed by atoms with Gasteiger partial charge in [0, 0.05) is 38.3 Å². The molecule has 3 N–H and O–H groups in total. The van der Waals surface area contributed by atoms with Crippen LogP contribution in [0.2, 0.25) is 0 Å².